The molecule has 0 heterocycles. The SMILES string of the molecule is CCOC1CC(Nc2ccc(OC)c(Cl)c2)C12CCC2. The molecule has 2 saturated carbocycles. The first-order chi connectivity index (χ1) is 9.69. The van der Waals surface area contributed by atoms with E-state index in [0.29, 0.717) is 22.6 Å². The summed E-state index contributed by atoms with van der Waals surface area (Å²) in [6.07, 6.45) is 5.41. The van der Waals surface area contributed by atoms with Gasteiger partial charge in [-0.3, -0.25) is 0 Å². The van der Waals surface area contributed by atoms with Crippen LogP contribution in [0.5, 0.6) is 5.75 Å². The minimum absolute atomic E-state index is 0.364. The van der Waals surface area contributed by atoms with Gasteiger partial charge in [-0.25, -0.2) is 0 Å². The summed E-state index contributed by atoms with van der Waals surface area (Å²) in [5.41, 5.74) is 1.43. The van der Waals surface area contributed by atoms with Gasteiger partial charge >= 0.3 is 0 Å². The topological polar surface area (TPSA) is 30.5 Å². The molecule has 0 aliphatic heterocycles. The van der Waals surface area contributed by atoms with Crippen LogP contribution in [0, 0.1) is 5.41 Å². The van der Waals surface area contributed by atoms with E-state index in [-0.39, 0.29) is 0 Å². The molecule has 2 aliphatic carbocycles. The number of benzene rings is 1. The molecule has 0 bridgehead atoms. The molecule has 3 nitrogen and oxygen atoms in total. The summed E-state index contributed by atoms with van der Waals surface area (Å²) >= 11 is 6.18. The fraction of sp³-hybridized carbons (Fsp3) is 0.625. The van der Waals surface area contributed by atoms with Crippen molar-refractivity contribution >= 4 is 17.3 Å². The second-order valence-electron chi connectivity index (χ2n) is 5.81. The molecular formula is C16H22ClNO2. The zero-order valence-electron chi connectivity index (χ0n) is 12.1. The van der Waals surface area contributed by atoms with Gasteiger partial charge in [0.15, 0.2) is 0 Å². The fourth-order valence-corrected chi connectivity index (χ4v) is 3.86. The van der Waals surface area contributed by atoms with E-state index < -0.39 is 0 Å². The number of nitrogens with one attached hydrogen (secondary N) is 1. The summed E-state index contributed by atoms with van der Waals surface area (Å²) in [5.74, 6) is 0.719. The van der Waals surface area contributed by atoms with Crippen molar-refractivity contribution in [2.24, 2.45) is 5.41 Å². The van der Waals surface area contributed by atoms with E-state index in [9.17, 15) is 0 Å². The highest BCUT2D eigenvalue weighted by molar-refractivity contribution is 6.32. The normalized spacial score (nSPS) is 26.8. The molecule has 2 fully saturated rings. The Morgan fingerprint density at radius 2 is 2.20 bits per heavy atom. The maximum Gasteiger partial charge on any atom is 0.137 e. The van der Waals surface area contributed by atoms with Crippen LogP contribution in [-0.2, 0) is 4.74 Å². The largest absolute Gasteiger partial charge is 0.495 e. The average Bonchev–Trinajstić information content (AvgIpc) is 2.35. The minimum atomic E-state index is 0.364. The van der Waals surface area contributed by atoms with Crippen LogP contribution in [0.3, 0.4) is 0 Å². The van der Waals surface area contributed by atoms with Crippen molar-refractivity contribution in [1.29, 1.82) is 0 Å². The summed E-state index contributed by atoms with van der Waals surface area (Å²) < 4.78 is 11.1. The molecule has 0 saturated heterocycles. The van der Waals surface area contributed by atoms with E-state index >= 15 is 0 Å². The average molecular weight is 296 g/mol. The molecule has 2 unspecified atom stereocenters. The van der Waals surface area contributed by atoms with Gasteiger partial charge in [-0.15, -0.1) is 0 Å². The second kappa shape index (κ2) is 5.45. The number of hydrogen-bond acceptors (Lipinski definition) is 3. The fourth-order valence-electron chi connectivity index (χ4n) is 3.60. The Balaban J connectivity index is 1.68. The third-order valence-electron chi connectivity index (χ3n) is 4.93. The lowest BCUT2D eigenvalue weighted by atomic mass is 9.51. The zero-order valence-corrected chi connectivity index (χ0v) is 12.9. The van der Waals surface area contributed by atoms with Gasteiger partial charge in [0.2, 0.25) is 0 Å². The molecule has 1 spiro atoms. The quantitative estimate of drug-likeness (QED) is 0.887. The van der Waals surface area contributed by atoms with E-state index in [1.165, 1.54) is 19.3 Å². The van der Waals surface area contributed by atoms with E-state index in [4.69, 9.17) is 21.1 Å². The van der Waals surface area contributed by atoms with Crippen LogP contribution < -0.4 is 10.1 Å². The van der Waals surface area contributed by atoms with Crippen LogP contribution in [0.15, 0.2) is 18.2 Å². The summed E-state index contributed by atoms with van der Waals surface area (Å²) in [5, 5.41) is 4.29. The van der Waals surface area contributed by atoms with Crippen molar-refractivity contribution in [3.05, 3.63) is 23.2 Å². The molecule has 2 aliphatic rings. The smallest absolute Gasteiger partial charge is 0.137 e. The van der Waals surface area contributed by atoms with Crippen LogP contribution in [0.1, 0.15) is 32.6 Å². The van der Waals surface area contributed by atoms with E-state index in [2.05, 4.69) is 12.2 Å². The van der Waals surface area contributed by atoms with Crippen molar-refractivity contribution in [2.75, 3.05) is 19.0 Å². The molecule has 0 radical (unpaired) electrons. The molecular weight excluding hydrogens is 274 g/mol. The van der Waals surface area contributed by atoms with Crippen LogP contribution in [0.4, 0.5) is 5.69 Å². The molecule has 20 heavy (non-hydrogen) atoms. The summed E-state index contributed by atoms with van der Waals surface area (Å²) in [4.78, 5) is 0. The van der Waals surface area contributed by atoms with Crippen molar-refractivity contribution in [3.63, 3.8) is 0 Å². The maximum atomic E-state index is 6.18. The van der Waals surface area contributed by atoms with Gasteiger partial charge in [0.1, 0.15) is 5.75 Å². The van der Waals surface area contributed by atoms with Gasteiger partial charge in [-0.2, -0.15) is 0 Å². The van der Waals surface area contributed by atoms with Crippen LogP contribution in [0.25, 0.3) is 0 Å². The van der Waals surface area contributed by atoms with Gasteiger partial charge < -0.3 is 14.8 Å². The molecule has 1 aromatic rings. The minimum Gasteiger partial charge on any atom is -0.495 e. The number of methoxy groups -OCH3 is 1. The van der Waals surface area contributed by atoms with Crippen LogP contribution >= 0.6 is 11.6 Å². The lowest BCUT2D eigenvalue weighted by Gasteiger charge is -2.61. The molecule has 4 heteroatoms. The summed E-state index contributed by atoms with van der Waals surface area (Å²) in [7, 11) is 1.64. The molecule has 3 rings (SSSR count). The monoisotopic (exact) mass is 295 g/mol. The maximum absolute atomic E-state index is 6.18. The molecule has 1 aromatic carbocycles. The highest BCUT2D eigenvalue weighted by Crippen LogP contribution is 2.58. The third kappa shape index (κ3) is 2.17. The van der Waals surface area contributed by atoms with Crippen molar-refractivity contribution in [2.45, 2.75) is 44.8 Å². The predicted molar refractivity (Wildman–Crippen MR) is 81.7 cm³/mol. The third-order valence-corrected chi connectivity index (χ3v) is 5.23. The van der Waals surface area contributed by atoms with Gasteiger partial charge in [0, 0.05) is 23.8 Å². The molecule has 0 amide bonds. The molecule has 2 atom stereocenters. The Hall–Kier alpha value is -0.930. The standard InChI is InChI=1S/C16H22ClNO2/c1-3-20-15-10-14(16(15)7-4-8-16)18-11-5-6-13(19-2)12(17)9-11/h5-6,9,14-15,18H,3-4,7-8,10H2,1-2H3. The van der Waals surface area contributed by atoms with Gasteiger partial charge in [0.25, 0.3) is 0 Å². The van der Waals surface area contributed by atoms with Gasteiger partial charge in [-0.05, 0) is 44.4 Å². The number of rotatable bonds is 5. The van der Waals surface area contributed by atoms with E-state index in [0.717, 1.165) is 24.5 Å². The van der Waals surface area contributed by atoms with Gasteiger partial charge in [-0.1, -0.05) is 18.0 Å². The van der Waals surface area contributed by atoms with E-state index in [1.807, 2.05) is 18.2 Å². The highest BCUT2D eigenvalue weighted by Gasteiger charge is 2.58. The Kier molecular flexibility index (Phi) is 3.83. The number of halogens is 1. The Labute approximate surface area is 125 Å². The van der Waals surface area contributed by atoms with Crippen LogP contribution in [-0.4, -0.2) is 25.9 Å². The van der Waals surface area contributed by atoms with Crippen LogP contribution in [0.2, 0.25) is 5.02 Å². The van der Waals surface area contributed by atoms with E-state index in [1.54, 1.807) is 7.11 Å². The van der Waals surface area contributed by atoms with Crippen molar-refractivity contribution in [1.82, 2.24) is 0 Å². The summed E-state index contributed by atoms with van der Waals surface area (Å²) in [6.45, 7) is 2.89. The zero-order chi connectivity index (χ0) is 14.2. The lowest BCUT2D eigenvalue weighted by molar-refractivity contribution is -0.157. The number of ether oxygens (including phenoxy) is 2. The summed E-state index contributed by atoms with van der Waals surface area (Å²) in [6, 6.07) is 6.40. The van der Waals surface area contributed by atoms with Crippen molar-refractivity contribution in [3.8, 4) is 5.75 Å². The molecule has 0 aromatic heterocycles. The van der Waals surface area contributed by atoms with Gasteiger partial charge in [0.05, 0.1) is 18.2 Å². The molecule has 110 valence electrons. The van der Waals surface area contributed by atoms with Crippen molar-refractivity contribution < 1.29 is 9.47 Å². The lowest BCUT2D eigenvalue weighted by Crippen LogP contribution is -2.64. The highest BCUT2D eigenvalue weighted by atomic mass is 35.5. The first kappa shape index (κ1) is 14.0. The Morgan fingerprint density at radius 3 is 2.75 bits per heavy atom. The molecule has 1 N–H and O–H groups in total. The number of hydrogen-bond donors (Lipinski definition) is 1. The first-order valence-electron chi connectivity index (χ1n) is 7.41. The Morgan fingerprint density at radius 1 is 1.40 bits per heavy atom. The Bertz CT molecular complexity index is 487. The number of anilines is 1. The second-order valence-corrected chi connectivity index (χ2v) is 6.22. The first-order valence-corrected chi connectivity index (χ1v) is 7.79. The predicted octanol–water partition coefficient (Wildman–Crippen LogP) is 4.11.